The second-order valence-corrected chi connectivity index (χ2v) is 7.06. The summed E-state index contributed by atoms with van der Waals surface area (Å²) in [6, 6.07) is 1.79. The van der Waals surface area contributed by atoms with E-state index in [-0.39, 0.29) is 21.3 Å². The van der Waals surface area contributed by atoms with Crippen molar-refractivity contribution in [2.75, 3.05) is 0 Å². The summed E-state index contributed by atoms with van der Waals surface area (Å²) in [6.07, 6.45) is 0.684. The third-order valence-electron chi connectivity index (χ3n) is 2.55. The number of hydrogen-bond donors (Lipinski definition) is 2. The van der Waals surface area contributed by atoms with Gasteiger partial charge in [0.15, 0.2) is 5.82 Å². The number of halogens is 3. The van der Waals surface area contributed by atoms with Gasteiger partial charge in [0.1, 0.15) is 4.90 Å². The van der Waals surface area contributed by atoms with Gasteiger partial charge in [-0.1, -0.05) is 42.3 Å². The van der Waals surface area contributed by atoms with Crippen LogP contribution < -0.4 is 10.5 Å². The van der Waals surface area contributed by atoms with Crippen LogP contribution in [0.5, 0.6) is 0 Å². The van der Waals surface area contributed by atoms with E-state index in [4.69, 9.17) is 41.2 Å². The predicted molar refractivity (Wildman–Crippen MR) is 82.2 cm³/mol. The summed E-state index contributed by atoms with van der Waals surface area (Å²) in [5, 5.41) is -0.792. The van der Waals surface area contributed by atoms with Gasteiger partial charge >= 0.3 is 0 Å². The minimum Gasteiger partial charge on any atom is -0.393 e. The number of nitrogens with one attached hydrogen (secondary N) is 1. The van der Waals surface area contributed by atoms with E-state index in [0.717, 1.165) is 12.1 Å². The summed E-state index contributed by atoms with van der Waals surface area (Å²) < 4.78 is 40.3. The highest BCUT2D eigenvalue weighted by atomic mass is 35.5. The molecule has 0 aliphatic heterocycles. The molecule has 3 N–H and O–H groups in total. The summed E-state index contributed by atoms with van der Waals surface area (Å²) in [5.74, 6) is -0.974. The van der Waals surface area contributed by atoms with Gasteiger partial charge in [-0.15, -0.1) is 0 Å². The Kier molecular flexibility index (Phi) is 6.15. The van der Waals surface area contributed by atoms with Crippen molar-refractivity contribution in [1.82, 2.24) is 4.72 Å². The van der Waals surface area contributed by atoms with Gasteiger partial charge in [-0.25, -0.2) is 17.5 Å². The first-order valence-electron chi connectivity index (χ1n) is 5.63. The first-order chi connectivity index (χ1) is 9.19. The van der Waals surface area contributed by atoms with Gasteiger partial charge in [0, 0.05) is 12.5 Å². The molecular formula is C11H13Cl2FN2O2S2. The largest absolute Gasteiger partial charge is 0.393 e. The molecule has 0 aromatic heterocycles. The standard InChI is InChI=1S/C11H13Cl2FN2O2S2/c1-2-6(5-9(15)19)16-20(17,18)8-4-3-7(12)11(14)10(8)13/h3-4,6,16H,2,5H2,1H3,(H2,15,19). The monoisotopic (exact) mass is 358 g/mol. The lowest BCUT2D eigenvalue weighted by molar-refractivity contribution is 0.544. The number of nitrogens with two attached hydrogens (primary N) is 1. The van der Waals surface area contributed by atoms with Crippen LogP contribution in [-0.4, -0.2) is 19.4 Å². The van der Waals surface area contributed by atoms with Crippen LogP contribution in [0.4, 0.5) is 4.39 Å². The van der Waals surface area contributed by atoms with E-state index >= 15 is 0 Å². The maximum Gasteiger partial charge on any atom is 0.242 e. The van der Waals surface area contributed by atoms with Gasteiger partial charge in [-0.05, 0) is 18.6 Å². The molecule has 0 saturated heterocycles. The first-order valence-corrected chi connectivity index (χ1v) is 8.28. The number of benzene rings is 1. The van der Waals surface area contributed by atoms with Crippen molar-refractivity contribution in [2.45, 2.75) is 30.7 Å². The van der Waals surface area contributed by atoms with Crippen LogP contribution in [0.1, 0.15) is 19.8 Å². The second kappa shape index (κ2) is 7.00. The minimum atomic E-state index is -3.98. The quantitative estimate of drug-likeness (QED) is 0.605. The topological polar surface area (TPSA) is 72.2 Å². The highest BCUT2D eigenvalue weighted by Gasteiger charge is 2.24. The van der Waals surface area contributed by atoms with Gasteiger partial charge in [-0.3, -0.25) is 0 Å². The number of thiocarbonyl (C=S) groups is 1. The molecule has 1 rings (SSSR count). The summed E-state index contributed by atoms with van der Waals surface area (Å²) in [6.45, 7) is 1.77. The SMILES string of the molecule is CCC(CC(N)=S)NS(=O)(=O)c1ccc(Cl)c(F)c1Cl. The Morgan fingerprint density at radius 3 is 2.60 bits per heavy atom. The maximum atomic E-state index is 13.6. The van der Waals surface area contributed by atoms with Crippen LogP contribution in [0.25, 0.3) is 0 Å². The van der Waals surface area contributed by atoms with E-state index in [1.54, 1.807) is 6.92 Å². The van der Waals surface area contributed by atoms with Crippen LogP contribution in [0.2, 0.25) is 10.0 Å². The van der Waals surface area contributed by atoms with Crippen molar-refractivity contribution >= 4 is 50.4 Å². The fourth-order valence-corrected chi connectivity index (χ4v) is 3.78. The number of hydrogen-bond acceptors (Lipinski definition) is 3. The zero-order chi connectivity index (χ0) is 15.5. The molecule has 112 valence electrons. The molecule has 0 heterocycles. The lowest BCUT2D eigenvalue weighted by Gasteiger charge is -2.17. The van der Waals surface area contributed by atoms with Gasteiger partial charge in [0.25, 0.3) is 0 Å². The molecule has 9 heteroatoms. The Morgan fingerprint density at radius 2 is 2.10 bits per heavy atom. The Morgan fingerprint density at radius 1 is 1.50 bits per heavy atom. The molecule has 1 aromatic carbocycles. The molecule has 0 saturated carbocycles. The van der Waals surface area contributed by atoms with Crippen molar-refractivity contribution in [2.24, 2.45) is 5.73 Å². The third-order valence-corrected chi connectivity index (χ3v) is 5.05. The summed E-state index contributed by atoms with van der Waals surface area (Å²) in [4.78, 5) is -0.185. The van der Waals surface area contributed by atoms with Gasteiger partial charge in [0.05, 0.1) is 15.0 Å². The molecule has 0 aliphatic rings. The average Bonchev–Trinajstić information content (AvgIpc) is 2.33. The predicted octanol–water partition coefficient (Wildman–Crippen LogP) is 2.87. The van der Waals surface area contributed by atoms with Crippen LogP contribution in [0.3, 0.4) is 0 Å². The molecule has 0 bridgehead atoms. The molecule has 0 radical (unpaired) electrons. The summed E-state index contributed by atoms with van der Waals surface area (Å²) in [7, 11) is -3.98. The molecule has 0 fully saturated rings. The molecule has 1 aromatic rings. The Hall–Kier alpha value is -0.470. The Labute approximate surface area is 132 Å². The van der Waals surface area contributed by atoms with E-state index in [0.29, 0.717) is 6.42 Å². The summed E-state index contributed by atoms with van der Waals surface area (Å²) >= 11 is 16.0. The van der Waals surface area contributed by atoms with Crippen molar-refractivity contribution in [3.05, 3.63) is 28.0 Å². The highest BCUT2D eigenvalue weighted by molar-refractivity contribution is 7.89. The first kappa shape index (κ1) is 17.6. The van der Waals surface area contributed by atoms with Crippen molar-refractivity contribution in [3.8, 4) is 0 Å². The Bertz CT molecular complexity index is 623. The van der Waals surface area contributed by atoms with Crippen molar-refractivity contribution < 1.29 is 12.8 Å². The normalized spacial score (nSPS) is 13.2. The van der Waals surface area contributed by atoms with Crippen LogP contribution in [0.15, 0.2) is 17.0 Å². The van der Waals surface area contributed by atoms with E-state index < -0.39 is 26.9 Å². The van der Waals surface area contributed by atoms with Crippen LogP contribution >= 0.6 is 35.4 Å². The van der Waals surface area contributed by atoms with E-state index in [9.17, 15) is 12.8 Å². The zero-order valence-corrected chi connectivity index (χ0v) is 13.6. The maximum absolute atomic E-state index is 13.6. The van der Waals surface area contributed by atoms with Crippen LogP contribution in [0, 0.1) is 5.82 Å². The fraction of sp³-hybridized carbons (Fsp3) is 0.364. The highest BCUT2D eigenvalue weighted by Crippen LogP contribution is 2.29. The van der Waals surface area contributed by atoms with Crippen LogP contribution in [-0.2, 0) is 10.0 Å². The average molecular weight is 359 g/mol. The molecule has 1 atom stereocenters. The lowest BCUT2D eigenvalue weighted by atomic mass is 10.2. The van der Waals surface area contributed by atoms with E-state index in [2.05, 4.69) is 4.72 Å². The van der Waals surface area contributed by atoms with Crippen molar-refractivity contribution in [3.63, 3.8) is 0 Å². The number of sulfonamides is 1. The third kappa shape index (κ3) is 4.26. The molecule has 0 aliphatic carbocycles. The van der Waals surface area contributed by atoms with E-state index in [1.807, 2.05) is 0 Å². The van der Waals surface area contributed by atoms with Gasteiger partial charge in [0.2, 0.25) is 10.0 Å². The molecule has 0 amide bonds. The lowest BCUT2D eigenvalue weighted by Crippen LogP contribution is -2.37. The molecular weight excluding hydrogens is 346 g/mol. The van der Waals surface area contributed by atoms with Gasteiger partial charge in [-0.2, -0.15) is 0 Å². The number of rotatable bonds is 6. The fourth-order valence-electron chi connectivity index (χ4n) is 1.51. The molecule has 0 spiro atoms. The zero-order valence-electron chi connectivity index (χ0n) is 10.5. The molecule has 4 nitrogen and oxygen atoms in total. The van der Waals surface area contributed by atoms with Crippen molar-refractivity contribution in [1.29, 1.82) is 0 Å². The summed E-state index contributed by atoms with van der Waals surface area (Å²) in [5.41, 5.74) is 5.39. The second-order valence-electron chi connectivity index (χ2n) is 4.07. The minimum absolute atomic E-state index is 0.188. The van der Waals surface area contributed by atoms with Gasteiger partial charge < -0.3 is 5.73 Å². The molecule has 1 unspecified atom stereocenters. The molecule has 20 heavy (non-hydrogen) atoms. The smallest absolute Gasteiger partial charge is 0.242 e. The van der Waals surface area contributed by atoms with E-state index in [1.165, 1.54) is 0 Å². The Balaban J connectivity index is 3.11.